The van der Waals surface area contributed by atoms with Crippen molar-refractivity contribution in [1.29, 1.82) is 0 Å². The Morgan fingerprint density at radius 2 is 1.60 bits per heavy atom. The van der Waals surface area contributed by atoms with Crippen LogP contribution < -0.4 is 14.8 Å². The summed E-state index contributed by atoms with van der Waals surface area (Å²) in [6, 6.07) is 10.7. The molecule has 2 aromatic rings. The Morgan fingerprint density at radius 1 is 1.00 bits per heavy atom. The van der Waals surface area contributed by atoms with Gasteiger partial charge in [0.25, 0.3) is 5.91 Å². The van der Waals surface area contributed by atoms with E-state index in [2.05, 4.69) is 14.8 Å². The van der Waals surface area contributed by atoms with Crippen LogP contribution in [0.25, 0.3) is 0 Å². The SMILES string of the molecule is O=C(Nc1ccccc1OCC(F)(F)F)c1ccccc1OC(F)F. The summed E-state index contributed by atoms with van der Waals surface area (Å²) in [5, 5.41) is 2.32. The Hall–Kier alpha value is -2.84. The van der Waals surface area contributed by atoms with Crippen LogP contribution in [0.4, 0.5) is 27.6 Å². The number of carbonyl (C=O) groups is 1. The van der Waals surface area contributed by atoms with Gasteiger partial charge in [-0.3, -0.25) is 4.79 Å². The molecular formula is C16H12F5NO3. The van der Waals surface area contributed by atoms with Gasteiger partial charge in [0.05, 0.1) is 11.3 Å². The monoisotopic (exact) mass is 361 g/mol. The molecule has 0 aliphatic carbocycles. The Kier molecular flexibility index (Phi) is 5.79. The average Bonchev–Trinajstić information content (AvgIpc) is 2.53. The molecule has 0 aromatic heterocycles. The first-order valence-corrected chi connectivity index (χ1v) is 6.90. The molecule has 0 bridgehead atoms. The Morgan fingerprint density at radius 3 is 2.24 bits per heavy atom. The second-order valence-corrected chi connectivity index (χ2v) is 4.73. The maximum Gasteiger partial charge on any atom is 0.422 e. The van der Waals surface area contributed by atoms with E-state index >= 15 is 0 Å². The molecule has 25 heavy (non-hydrogen) atoms. The molecule has 134 valence electrons. The molecule has 0 unspecified atom stereocenters. The maximum atomic E-state index is 12.4. The van der Waals surface area contributed by atoms with E-state index in [4.69, 9.17) is 0 Å². The van der Waals surface area contributed by atoms with Crippen molar-refractivity contribution >= 4 is 11.6 Å². The number of nitrogens with one attached hydrogen (secondary N) is 1. The smallest absolute Gasteiger partial charge is 0.422 e. The number of hydrogen-bond donors (Lipinski definition) is 1. The zero-order valence-corrected chi connectivity index (χ0v) is 12.5. The third kappa shape index (κ3) is 5.63. The molecule has 4 nitrogen and oxygen atoms in total. The van der Waals surface area contributed by atoms with Gasteiger partial charge in [-0.2, -0.15) is 22.0 Å². The lowest BCUT2D eigenvalue weighted by molar-refractivity contribution is -0.153. The first-order chi connectivity index (χ1) is 11.8. The van der Waals surface area contributed by atoms with Crippen LogP contribution in [0, 0.1) is 0 Å². The lowest BCUT2D eigenvalue weighted by atomic mass is 10.2. The molecule has 0 aliphatic rings. The van der Waals surface area contributed by atoms with Gasteiger partial charge in [0.1, 0.15) is 11.5 Å². The van der Waals surface area contributed by atoms with Crippen LogP contribution >= 0.6 is 0 Å². The Bertz CT molecular complexity index is 734. The summed E-state index contributed by atoms with van der Waals surface area (Å²) in [6.07, 6.45) is -4.55. The predicted octanol–water partition coefficient (Wildman–Crippen LogP) is 4.48. The van der Waals surface area contributed by atoms with Crippen molar-refractivity contribution in [2.75, 3.05) is 11.9 Å². The van der Waals surface area contributed by atoms with E-state index in [1.165, 1.54) is 48.5 Å². The molecule has 2 aromatic carbocycles. The fourth-order valence-electron chi connectivity index (χ4n) is 1.90. The van der Waals surface area contributed by atoms with Crippen LogP contribution in [0.15, 0.2) is 48.5 Å². The number of hydrogen-bond acceptors (Lipinski definition) is 3. The van der Waals surface area contributed by atoms with Gasteiger partial charge in [0.15, 0.2) is 6.61 Å². The molecule has 0 spiro atoms. The van der Waals surface area contributed by atoms with E-state index in [-0.39, 0.29) is 22.7 Å². The summed E-state index contributed by atoms with van der Waals surface area (Å²) in [7, 11) is 0. The van der Waals surface area contributed by atoms with Gasteiger partial charge in [-0.1, -0.05) is 24.3 Å². The Labute approximate surface area is 139 Å². The number of alkyl halides is 5. The van der Waals surface area contributed by atoms with Crippen molar-refractivity contribution in [1.82, 2.24) is 0 Å². The zero-order chi connectivity index (χ0) is 18.4. The first-order valence-electron chi connectivity index (χ1n) is 6.90. The number of para-hydroxylation sites is 3. The largest absolute Gasteiger partial charge is 0.482 e. The van der Waals surface area contributed by atoms with Gasteiger partial charge in [-0.15, -0.1) is 0 Å². The lowest BCUT2D eigenvalue weighted by Crippen LogP contribution is -2.20. The lowest BCUT2D eigenvalue weighted by Gasteiger charge is -2.15. The summed E-state index contributed by atoms with van der Waals surface area (Å²) in [6.45, 7) is -4.67. The van der Waals surface area contributed by atoms with Crippen LogP contribution in [0.5, 0.6) is 11.5 Å². The summed E-state index contributed by atoms with van der Waals surface area (Å²) in [4.78, 5) is 12.3. The maximum absolute atomic E-state index is 12.4. The topological polar surface area (TPSA) is 47.6 Å². The molecule has 0 radical (unpaired) electrons. The third-order valence-corrected chi connectivity index (χ3v) is 2.87. The van der Waals surface area contributed by atoms with Gasteiger partial charge in [0.2, 0.25) is 0 Å². The quantitative estimate of drug-likeness (QED) is 0.772. The normalized spacial score (nSPS) is 11.3. The standard InChI is InChI=1S/C16H12F5NO3/c17-15(18)25-12-7-3-1-5-10(12)14(23)22-11-6-2-4-8-13(11)24-9-16(19,20)21/h1-8,15H,9H2,(H,22,23). The van der Waals surface area contributed by atoms with Gasteiger partial charge in [-0.05, 0) is 24.3 Å². The average molecular weight is 361 g/mol. The van der Waals surface area contributed by atoms with E-state index in [1.807, 2.05) is 0 Å². The minimum absolute atomic E-state index is 0.0383. The number of ether oxygens (including phenoxy) is 2. The van der Waals surface area contributed by atoms with Crippen molar-refractivity contribution in [2.24, 2.45) is 0 Å². The fourth-order valence-corrected chi connectivity index (χ4v) is 1.90. The van der Waals surface area contributed by atoms with Crippen LogP contribution in [0.2, 0.25) is 0 Å². The molecule has 0 saturated heterocycles. The van der Waals surface area contributed by atoms with Gasteiger partial charge >= 0.3 is 12.8 Å². The van der Waals surface area contributed by atoms with Gasteiger partial charge < -0.3 is 14.8 Å². The highest BCUT2D eigenvalue weighted by Crippen LogP contribution is 2.28. The van der Waals surface area contributed by atoms with E-state index < -0.39 is 25.3 Å². The highest BCUT2D eigenvalue weighted by atomic mass is 19.4. The number of anilines is 1. The molecule has 0 saturated carbocycles. The van der Waals surface area contributed by atoms with Crippen LogP contribution in [0.3, 0.4) is 0 Å². The Balaban J connectivity index is 2.19. The molecular weight excluding hydrogens is 349 g/mol. The molecule has 1 amide bonds. The first kappa shape index (κ1) is 18.5. The van der Waals surface area contributed by atoms with Crippen molar-refractivity contribution in [3.05, 3.63) is 54.1 Å². The zero-order valence-electron chi connectivity index (χ0n) is 12.5. The number of halogens is 5. The van der Waals surface area contributed by atoms with Gasteiger partial charge in [0, 0.05) is 0 Å². The highest BCUT2D eigenvalue weighted by molar-refractivity contribution is 6.06. The molecule has 0 fully saturated rings. The number of carbonyl (C=O) groups excluding carboxylic acids is 1. The van der Waals surface area contributed by atoms with E-state index in [9.17, 15) is 26.7 Å². The molecule has 9 heteroatoms. The van der Waals surface area contributed by atoms with Crippen LogP contribution in [-0.4, -0.2) is 25.3 Å². The fraction of sp³-hybridized carbons (Fsp3) is 0.188. The summed E-state index contributed by atoms with van der Waals surface area (Å²) in [5.41, 5.74) is -0.239. The second kappa shape index (κ2) is 7.82. The molecule has 1 N–H and O–H groups in total. The van der Waals surface area contributed by atoms with Gasteiger partial charge in [-0.25, -0.2) is 0 Å². The minimum atomic E-state index is -4.55. The molecule has 0 aliphatic heterocycles. The number of rotatable bonds is 6. The van der Waals surface area contributed by atoms with E-state index in [1.54, 1.807) is 0 Å². The van der Waals surface area contributed by atoms with Crippen LogP contribution in [0.1, 0.15) is 10.4 Å². The number of benzene rings is 2. The number of amides is 1. The summed E-state index contributed by atoms with van der Waals surface area (Å²) in [5.74, 6) is -1.40. The van der Waals surface area contributed by atoms with E-state index in [0.717, 1.165) is 0 Å². The molecule has 2 rings (SSSR count). The molecule has 0 atom stereocenters. The van der Waals surface area contributed by atoms with Crippen LogP contribution in [-0.2, 0) is 0 Å². The third-order valence-electron chi connectivity index (χ3n) is 2.87. The predicted molar refractivity (Wildman–Crippen MR) is 79.0 cm³/mol. The minimum Gasteiger partial charge on any atom is -0.482 e. The van der Waals surface area contributed by atoms with Crippen molar-refractivity contribution in [2.45, 2.75) is 12.8 Å². The van der Waals surface area contributed by atoms with Crippen molar-refractivity contribution in [3.8, 4) is 11.5 Å². The summed E-state index contributed by atoms with van der Waals surface area (Å²) < 4.78 is 70.5. The summed E-state index contributed by atoms with van der Waals surface area (Å²) >= 11 is 0. The highest BCUT2D eigenvalue weighted by Gasteiger charge is 2.29. The molecule has 0 heterocycles. The van der Waals surface area contributed by atoms with Crippen molar-refractivity contribution < 1.29 is 36.2 Å². The van der Waals surface area contributed by atoms with Crippen molar-refractivity contribution in [3.63, 3.8) is 0 Å². The second-order valence-electron chi connectivity index (χ2n) is 4.73. The van der Waals surface area contributed by atoms with E-state index in [0.29, 0.717) is 0 Å².